The summed E-state index contributed by atoms with van der Waals surface area (Å²) in [4.78, 5) is 23.0. The Bertz CT molecular complexity index is 1760. The number of rotatable bonds is 5. The summed E-state index contributed by atoms with van der Waals surface area (Å²) in [6.45, 7) is 8.03. The maximum Gasteiger partial charge on any atom is 0.271 e. The normalized spacial score (nSPS) is 18.0. The topological polar surface area (TPSA) is 91.4 Å². The fraction of sp³-hybridized carbons (Fsp3) is 0.182. The Balaban J connectivity index is 1.63. The molecule has 0 aliphatic carbocycles. The molecule has 0 bridgehead atoms. The van der Waals surface area contributed by atoms with Gasteiger partial charge in [0.05, 0.1) is 22.0 Å². The highest BCUT2D eigenvalue weighted by atomic mass is 32.2. The number of nitrogens with zero attached hydrogens (tertiary/aromatic N) is 5. The average Bonchev–Trinajstić information content (AvgIpc) is 3.39. The molecule has 2 heterocycles. The third kappa shape index (κ3) is 4.55. The molecule has 8 nitrogen and oxygen atoms in total. The first-order valence-electron chi connectivity index (χ1n) is 13.6. The van der Waals surface area contributed by atoms with Crippen LogP contribution >= 0.6 is 11.8 Å². The molecule has 6 rings (SSSR count). The van der Waals surface area contributed by atoms with Gasteiger partial charge in [-0.1, -0.05) is 93.6 Å². The highest BCUT2D eigenvalue weighted by molar-refractivity contribution is 8.17. The van der Waals surface area contributed by atoms with Crippen molar-refractivity contribution in [2.45, 2.75) is 38.1 Å². The Morgan fingerprint density at radius 1 is 0.833 bits per heavy atom. The van der Waals surface area contributed by atoms with Crippen molar-refractivity contribution < 1.29 is 9.72 Å². The van der Waals surface area contributed by atoms with E-state index in [0.717, 1.165) is 28.1 Å². The number of non-ortho nitro benzene ring substituents is 1. The predicted molar refractivity (Wildman–Crippen MR) is 169 cm³/mol. The van der Waals surface area contributed by atoms with Gasteiger partial charge in [-0.25, -0.2) is 10.0 Å². The predicted octanol–water partition coefficient (Wildman–Crippen LogP) is 7.43. The number of anilines is 2. The molecule has 0 N–H and O–H groups in total. The van der Waals surface area contributed by atoms with Crippen LogP contribution in [0.5, 0.6) is 0 Å². The third-order valence-electron chi connectivity index (χ3n) is 7.35. The van der Waals surface area contributed by atoms with Crippen molar-refractivity contribution in [1.82, 2.24) is 0 Å². The van der Waals surface area contributed by atoms with Crippen LogP contribution in [0, 0.1) is 10.1 Å². The van der Waals surface area contributed by atoms with Crippen LogP contribution in [0.15, 0.2) is 113 Å². The van der Waals surface area contributed by atoms with Crippen LogP contribution in [0.25, 0.3) is 0 Å². The summed E-state index contributed by atoms with van der Waals surface area (Å²) in [6, 6.07) is 32.4. The minimum Gasteiger partial charge on any atom is -0.292 e. The maximum atomic E-state index is 12.8. The highest BCUT2D eigenvalue weighted by Crippen LogP contribution is 2.55. The van der Waals surface area contributed by atoms with Crippen molar-refractivity contribution in [3.63, 3.8) is 0 Å². The summed E-state index contributed by atoms with van der Waals surface area (Å²) in [5.41, 5.74) is 5.86. The van der Waals surface area contributed by atoms with E-state index in [1.165, 1.54) is 36.4 Å². The summed E-state index contributed by atoms with van der Waals surface area (Å²) in [7, 11) is 0. The second-order valence-corrected chi connectivity index (χ2v) is 12.4. The van der Waals surface area contributed by atoms with Crippen LogP contribution in [0.1, 0.15) is 49.9 Å². The van der Waals surface area contributed by atoms with Crippen molar-refractivity contribution in [2.75, 3.05) is 10.0 Å². The van der Waals surface area contributed by atoms with Gasteiger partial charge in [-0.05, 0) is 40.9 Å². The fourth-order valence-electron chi connectivity index (χ4n) is 5.23. The molecule has 1 spiro atoms. The lowest BCUT2D eigenvalue weighted by Gasteiger charge is -2.47. The number of hydrazone groups is 2. The van der Waals surface area contributed by atoms with Gasteiger partial charge in [-0.2, -0.15) is 10.2 Å². The zero-order valence-corrected chi connectivity index (χ0v) is 24.5. The van der Waals surface area contributed by atoms with E-state index < -0.39 is 9.92 Å². The van der Waals surface area contributed by atoms with Gasteiger partial charge in [0.25, 0.3) is 5.69 Å². The SMILES string of the molecule is CC(=O)C1=NN(c2cccc([N+](=O)[O-])c2)C2(S1)c1ccccc1C(c1ccc(C(C)(C)C)cc1)=NN2c1ccccc1. The van der Waals surface area contributed by atoms with Gasteiger partial charge >= 0.3 is 0 Å². The lowest BCUT2D eigenvalue weighted by atomic mass is 9.85. The molecule has 9 heteroatoms. The van der Waals surface area contributed by atoms with Gasteiger partial charge in [-0.3, -0.25) is 14.9 Å². The molecule has 0 radical (unpaired) electrons. The zero-order chi connectivity index (χ0) is 29.6. The Kier molecular flexibility index (Phi) is 6.69. The van der Waals surface area contributed by atoms with Crippen molar-refractivity contribution in [1.29, 1.82) is 0 Å². The molecule has 4 aromatic carbocycles. The molecule has 0 aromatic heterocycles. The Hall–Kier alpha value is -4.76. The average molecular weight is 576 g/mol. The van der Waals surface area contributed by atoms with Crippen LogP contribution in [0.2, 0.25) is 0 Å². The largest absolute Gasteiger partial charge is 0.292 e. The first-order valence-corrected chi connectivity index (χ1v) is 14.4. The van der Waals surface area contributed by atoms with E-state index in [0.29, 0.717) is 5.69 Å². The van der Waals surface area contributed by atoms with E-state index >= 15 is 0 Å². The molecule has 0 amide bonds. The smallest absolute Gasteiger partial charge is 0.271 e. The van der Waals surface area contributed by atoms with Gasteiger partial charge in [0.1, 0.15) is 0 Å². The molecule has 2 aliphatic heterocycles. The summed E-state index contributed by atoms with van der Waals surface area (Å²) >= 11 is 1.28. The summed E-state index contributed by atoms with van der Waals surface area (Å²) < 4.78 is 0. The van der Waals surface area contributed by atoms with Crippen molar-refractivity contribution in [3.8, 4) is 0 Å². The van der Waals surface area contributed by atoms with Gasteiger partial charge in [0.15, 0.2) is 10.8 Å². The molecular weight excluding hydrogens is 546 g/mol. The molecule has 4 aromatic rings. The van der Waals surface area contributed by atoms with Crippen molar-refractivity contribution >= 4 is 45.4 Å². The van der Waals surface area contributed by atoms with Crippen LogP contribution in [0.3, 0.4) is 0 Å². The lowest BCUT2D eigenvalue weighted by molar-refractivity contribution is -0.384. The van der Waals surface area contributed by atoms with Crippen LogP contribution < -0.4 is 10.0 Å². The quantitative estimate of drug-likeness (QED) is 0.182. The molecule has 0 fully saturated rings. The van der Waals surface area contributed by atoms with E-state index in [9.17, 15) is 14.9 Å². The number of hydrogen-bond acceptors (Lipinski definition) is 8. The van der Waals surface area contributed by atoms with Crippen molar-refractivity contribution in [2.24, 2.45) is 10.2 Å². The summed E-state index contributed by atoms with van der Waals surface area (Å²) in [5.74, 6) is -0.203. The molecule has 0 saturated carbocycles. The third-order valence-corrected chi connectivity index (χ3v) is 8.76. The fourth-order valence-corrected chi connectivity index (χ4v) is 6.51. The first kappa shape index (κ1) is 27.4. The number of benzene rings is 4. The minimum absolute atomic E-state index is 0.00462. The van der Waals surface area contributed by atoms with E-state index in [2.05, 4.69) is 45.0 Å². The number of carbonyl (C=O) groups is 1. The number of fused-ring (bicyclic) bond motifs is 2. The molecule has 42 heavy (non-hydrogen) atoms. The molecular formula is C33H29N5O3S. The molecule has 2 aliphatic rings. The molecule has 210 valence electrons. The number of hydrogen-bond donors (Lipinski definition) is 0. The number of carbonyl (C=O) groups excluding carboxylic acids is 1. The van der Waals surface area contributed by atoms with E-state index in [1.54, 1.807) is 17.1 Å². The van der Waals surface area contributed by atoms with Crippen LogP contribution in [0.4, 0.5) is 17.1 Å². The Labute approximate surface area is 248 Å². The molecule has 1 atom stereocenters. The van der Waals surface area contributed by atoms with Gasteiger partial charge in [0.2, 0.25) is 4.99 Å². The number of nitro groups is 1. The number of thioether (sulfide) groups is 1. The summed E-state index contributed by atoms with van der Waals surface area (Å²) in [6.07, 6.45) is 0. The van der Waals surface area contributed by atoms with Gasteiger partial charge in [0, 0.05) is 35.7 Å². The van der Waals surface area contributed by atoms with E-state index in [1.807, 2.05) is 59.6 Å². The molecule has 1 unspecified atom stereocenters. The Morgan fingerprint density at radius 3 is 2.14 bits per heavy atom. The van der Waals surface area contributed by atoms with Crippen LogP contribution in [-0.2, 0) is 15.2 Å². The van der Waals surface area contributed by atoms with Gasteiger partial charge < -0.3 is 0 Å². The number of nitro benzene ring substituents is 1. The number of Topliss-reactive ketones (excluding diaryl/α,β-unsaturated/α-hetero) is 1. The standard InChI is InChI=1S/C33H29N5O3S/c1-22(39)31-35-37(26-13-10-14-27(21-26)38(40)41)33(42-31)29-16-9-8-15-28(29)30(34-36(33)25-11-6-5-7-12-25)23-17-19-24(20-18-23)32(2,3)4/h5-21H,1-4H3. The molecule has 0 saturated heterocycles. The van der Waals surface area contributed by atoms with Crippen molar-refractivity contribution in [3.05, 3.63) is 135 Å². The Morgan fingerprint density at radius 2 is 1.48 bits per heavy atom. The first-order chi connectivity index (χ1) is 20.1. The highest BCUT2D eigenvalue weighted by Gasteiger charge is 2.56. The maximum absolute atomic E-state index is 12.8. The second kappa shape index (κ2) is 10.3. The van der Waals surface area contributed by atoms with E-state index in [-0.39, 0.29) is 21.9 Å². The van der Waals surface area contributed by atoms with Crippen LogP contribution in [-0.4, -0.2) is 21.5 Å². The second-order valence-electron chi connectivity index (χ2n) is 11.2. The lowest BCUT2D eigenvalue weighted by Crippen LogP contribution is -2.54. The number of para-hydroxylation sites is 1. The number of ketones is 1. The zero-order valence-electron chi connectivity index (χ0n) is 23.7. The summed E-state index contributed by atoms with van der Waals surface area (Å²) in [5, 5.41) is 25.7. The van der Waals surface area contributed by atoms with Gasteiger partial charge in [-0.15, -0.1) is 0 Å². The van der Waals surface area contributed by atoms with E-state index in [4.69, 9.17) is 10.2 Å². The minimum atomic E-state index is -1.18. The monoisotopic (exact) mass is 575 g/mol.